The molecule has 1 aromatic heterocycles. The van der Waals surface area contributed by atoms with Crippen molar-refractivity contribution in [2.75, 3.05) is 13.2 Å². The second-order valence-corrected chi connectivity index (χ2v) is 6.03. The summed E-state index contributed by atoms with van der Waals surface area (Å²) in [4.78, 5) is 0. The number of nitrogens with one attached hydrogen (secondary N) is 1. The van der Waals surface area contributed by atoms with Crippen molar-refractivity contribution in [3.8, 4) is 0 Å². The second kappa shape index (κ2) is 8.09. The molecule has 0 saturated carbocycles. The van der Waals surface area contributed by atoms with Crippen molar-refractivity contribution in [1.82, 2.24) is 5.32 Å². The van der Waals surface area contributed by atoms with Gasteiger partial charge in [0.25, 0.3) is 0 Å². The Balaban J connectivity index is 2.06. The summed E-state index contributed by atoms with van der Waals surface area (Å²) in [7, 11) is 0. The van der Waals surface area contributed by atoms with Crippen LogP contribution in [0.5, 0.6) is 0 Å². The van der Waals surface area contributed by atoms with Crippen LogP contribution in [0.3, 0.4) is 0 Å². The minimum absolute atomic E-state index is 0.342. The van der Waals surface area contributed by atoms with Crippen LogP contribution in [-0.4, -0.2) is 19.3 Å². The zero-order valence-corrected chi connectivity index (χ0v) is 12.4. The van der Waals surface area contributed by atoms with Gasteiger partial charge >= 0.3 is 0 Å². The van der Waals surface area contributed by atoms with E-state index in [2.05, 4.69) is 31.5 Å². The predicted molar refractivity (Wildman–Crippen MR) is 76.1 cm³/mol. The first-order chi connectivity index (χ1) is 8.09. The highest BCUT2D eigenvalue weighted by molar-refractivity contribution is 7.14. The van der Waals surface area contributed by atoms with Gasteiger partial charge in [0, 0.05) is 12.6 Å². The number of thiophene rings is 1. The minimum Gasteiger partial charge on any atom is -0.379 e. The van der Waals surface area contributed by atoms with Gasteiger partial charge in [-0.3, -0.25) is 0 Å². The van der Waals surface area contributed by atoms with E-state index in [9.17, 15) is 0 Å². The maximum Gasteiger partial charge on any atom is 0.0931 e. The van der Waals surface area contributed by atoms with Crippen molar-refractivity contribution in [2.24, 2.45) is 0 Å². The average molecular weight is 276 g/mol. The molecule has 2 nitrogen and oxygen atoms in total. The monoisotopic (exact) mass is 275 g/mol. The Labute approximate surface area is 113 Å². The fourth-order valence-corrected chi connectivity index (χ4v) is 2.52. The summed E-state index contributed by atoms with van der Waals surface area (Å²) in [6, 6.07) is 2.41. The van der Waals surface area contributed by atoms with Gasteiger partial charge in [-0.1, -0.05) is 11.6 Å². The predicted octanol–water partition coefficient (Wildman–Crippen LogP) is 4.26. The zero-order valence-electron chi connectivity index (χ0n) is 10.8. The molecule has 0 fully saturated rings. The molecule has 0 bridgehead atoms. The highest BCUT2D eigenvalue weighted by Gasteiger charge is 2.06. The Morgan fingerprint density at radius 3 is 2.71 bits per heavy atom. The number of unbranched alkanes of at least 4 members (excludes halogenated alkanes) is 1. The number of halogens is 1. The van der Waals surface area contributed by atoms with Gasteiger partial charge in [0.15, 0.2) is 0 Å². The van der Waals surface area contributed by atoms with Gasteiger partial charge in [-0.15, -0.1) is 11.3 Å². The van der Waals surface area contributed by atoms with E-state index in [4.69, 9.17) is 16.3 Å². The van der Waals surface area contributed by atoms with Gasteiger partial charge in [-0.2, -0.15) is 0 Å². The molecule has 0 spiro atoms. The molecule has 0 aliphatic rings. The average Bonchev–Trinajstić information content (AvgIpc) is 2.69. The molecule has 98 valence electrons. The van der Waals surface area contributed by atoms with Crippen LogP contribution in [0, 0.1) is 0 Å². The highest BCUT2D eigenvalue weighted by atomic mass is 35.5. The molecule has 1 N–H and O–H groups in total. The fourth-order valence-electron chi connectivity index (χ4n) is 1.53. The highest BCUT2D eigenvalue weighted by Crippen LogP contribution is 2.24. The summed E-state index contributed by atoms with van der Waals surface area (Å²) < 4.78 is 6.35. The van der Waals surface area contributed by atoms with Crippen molar-refractivity contribution >= 4 is 22.9 Å². The van der Waals surface area contributed by atoms with Gasteiger partial charge in [0.2, 0.25) is 0 Å². The maximum atomic E-state index is 5.91. The third-order valence-corrected chi connectivity index (χ3v) is 3.67. The van der Waals surface area contributed by atoms with E-state index in [1.807, 2.05) is 6.07 Å². The van der Waals surface area contributed by atoms with Crippen LogP contribution in [0.2, 0.25) is 4.34 Å². The molecule has 0 saturated heterocycles. The molecular formula is C13H22ClNOS. The van der Waals surface area contributed by atoms with E-state index >= 15 is 0 Å². The molecule has 1 unspecified atom stereocenters. The Hall–Kier alpha value is -0.0900. The van der Waals surface area contributed by atoms with E-state index in [0.717, 1.165) is 30.3 Å². The molecule has 1 heterocycles. The molecule has 4 heteroatoms. The number of ether oxygens (including phenoxy) is 1. The van der Waals surface area contributed by atoms with Crippen LogP contribution >= 0.6 is 22.9 Å². The standard InChI is InChI=1S/C13H22ClNOS/c1-10(2)16-7-5-4-6-15-11(3)12-8-13(14)17-9-12/h8-11,15H,4-7H2,1-3H3. The largest absolute Gasteiger partial charge is 0.379 e. The SMILES string of the molecule is CC(C)OCCCCNC(C)c1csc(Cl)c1. The second-order valence-electron chi connectivity index (χ2n) is 4.49. The van der Waals surface area contributed by atoms with E-state index in [1.165, 1.54) is 5.56 Å². The minimum atomic E-state index is 0.342. The van der Waals surface area contributed by atoms with Crippen molar-refractivity contribution < 1.29 is 4.74 Å². The summed E-state index contributed by atoms with van der Waals surface area (Å²) in [6.07, 6.45) is 2.60. The van der Waals surface area contributed by atoms with Crippen LogP contribution in [-0.2, 0) is 4.74 Å². The smallest absolute Gasteiger partial charge is 0.0931 e. The van der Waals surface area contributed by atoms with E-state index in [0.29, 0.717) is 12.1 Å². The molecule has 1 rings (SSSR count). The first-order valence-electron chi connectivity index (χ1n) is 6.18. The Bertz CT molecular complexity index is 314. The van der Waals surface area contributed by atoms with Crippen LogP contribution in [0.15, 0.2) is 11.4 Å². The van der Waals surface area contributed by atoms with Gasteiger partial charge in [-0.05, 0) is 57.2 Å². The van der Waals surface area contributed by atoms with Crippen LogP contribution < -0.4 is 5.32 Å². The lowest BCUT2D eigenvalue weighted by atomic mass is 10.2. The lowest BCUT2D eigenvalue weighted by Gasteiger charge is -2.12. The van der Waals surface area contributed by atoms with E-state index < -0.39 is 0 Å². The number of hydrogen-bond acceptors (Lipinski definition) is 3. The summed E-state index contributed by atoms with van der Waals surface area (Å²) in [5, 5.41) is 5.61. The van der Waals surface area contributed by atoms with Gasteiger partial charge < -0.3 is 10.1 Å². The van der Waals surface area contributed by atoms with Gasteiger partial charge in [0.05, 0.1) is 10.4 Å². The van der Waals surface area contributed by atoms with Crippen molar-refractivity contribution in [3.05, 3.63) is 21.3 Å². The van der Waals surface area contributed by atoms with Crippen LogP contribution in [0.25, 0.3) is 0 Å². The summed E-state index contributed by atoms with van der Waals surface area (Å²) in [5.74, 6) is 0. The molecular weight excluding hydrogens is 254 g/mol. The van der Waals surface area contributed by atoms with Crippen molar-refractivity contribution in [3.63, 3.8) is 0 Å². The molecule has 0 amide bonds. The molecule has 0 aliphatic heterocycles. The Morgan fingerprint density at radius 2 is 2.12 bits per heavy atom. The molecule has 1 atom stereocenters. The summed E-state index contributed by atoms with van der Waals surface area (Å²) in [6.45, 7) is 8.19. The first-order valence-corrected chi connectivity index (χ1v) is 7.44. The number of hydrogen-bond donors (Lipinski definition) is 1. The number of rotatable bonds is 8. The van der Waals surface area contributed by atoms with Crippen molar-refractivity contribution in [1.29, 1.82) is 0 Å². The van der Waals surface area contributed by atoms with E-state index in [1.54, 1.807) is 11.3 Å². The molecule has 0 aliphatic carbocycles. The normalized spacial score (nSPS) is 13.2. The molecule has 0 aromatic carbocycles. The quantitative estimate of drug-likeness (QED) is 0.716. The van der Waals surface area contributed by atoms with Crippen LogP contribution in [0.1, 0.15) is 45.2 Å². The third-order valence-electron chi connectivity index (χ3n) is 2.56. The van der Waals surface area contributed by atoms with Crippen LogP contribution in [0.4, 0.5) is 0 Å². The molecule has 1 aromatic rings. The fraction of sp³-hybridized carbons (Fsp3) is 0.692. The molecule has 17 heavy (non-hydrogen) atoms. The Kier molecular flexibility index (Phi) is 7.12. The first kappa shape index (κ1) is 15.0. The third kappa shape index (κ3) is 6.41. The molecule has 0 radical (unpaired) electrons. The summed E-state index contributed by atoms with van der Waals surface area (Å²) >= 11 is 7.50. The zero-order chi connectivity index (χ0) is 12.7. The van der Waals surface area contributed by atoms with Crippen molar-refractivity contribution in [2.45, 2.75) is 45.8 Å². The maximum absolute atomic E-state index is 5.91. The van der Waals surface area contributed by atoms with E-state index in [-0.39, 0.29) is 0 Å². The Morgan fingerprint density at radius 1 is 1.35 bits per heavy atom. The summed E-state index contributed by atoms with van der Waals surface area (Å²) in [5.41, 5.74) is 1.28. The lowest BCUT2D eigenvalue weighted by molar-refractivity contribution is 0.0759. The van der Waals surface area contributed by atoms with Gasteiger partial charge in [-0.25, -0.2) is 0 Å². The lowest BCUT2D eigenvalue weighted by Crippen LogP contribution is -2.19. The topological polar surface area (TPSA) is 21.3 Å². The van der Waals surface area contributed by atoms with Gasteiger partial charge in [0.1, 0.15) is 0 Å².